The van der Waals surface area contributed by atoms with Crippen molar-refractivity contribution in [3.63, 3.8) is 0 Å². The molecule has 0 saturated carbocycles. The van der Waals surface area contributed by atoms with Crippen molar-refractivity contribution in [3.05, 3.63) is 11.4 Å². The summed E-state index contributed by atoms with van der Waals surface area (Å²) in [5, 5.41) is 7.41. The van der Waals surface area contributed by atoms with Gasteiger partial charge in [-0.3, -0.25) is 4.68 Å². The first-order valence-electron chi connectivity index (χ1n) is 6.15. The Morgan fingerprint density at radius 1 is 1.50 bits per heavy atom. The Hall–Kier alpha value is -0.920. The molecule has 1 saturated heterocycles. The Morgan fingerprint density at radius 3 is 2.72 bits per heavy atom. The van der Waals surface area contributed by atoms with Gasteiger partial charge in [0.25, 0.3) is 0 Å². The maximum absolute atomic E-state index is 12.3. The third-order valence-corrected chi connectivity index (χ3v) is 5.07. The van der Waals surface area contributed by atoms with Crippen LogP contribution < -0.4 is 10.0 Å². The average molecular weight is 272 g/mol. The van der Waals surface area contributed by atoms with Crippen LogP contribution in [-0.4, -0.2) is 37.3 Å². The molecular weight excluding hydrogens is 252 g/mol. The zero-order valence-corrected chi connectivity index (χ0v) is 11.8. The summed E-state index contributed by atoms with van der Waals surface area (Å²) in [7, 11) is -1.71. The van der Waals surface area contributed by atoms with Crippen molar-refractivity contribution in [2.45, 2.75) is 37.6 Å². The molecule has 0 unspecified atom stereocenters. The fraction of sp³-hybridized carbons (Fsp3) is 0.727. The van der Waals surface area contributed by atoms with Gasteiger partial charge in [0.05, 0.1) is 11.4 Å². The van der Waals surface area contributed by atoms with Gasteiger partial charge in [-0.2, -0.15) is 5.10 Å². The van der Waals surface area contributed by atoms with Crippen LogP contribution in [0.25, 0.3) is 0 Å². The highest BCUT2D eigenvalue weighted by atomic mass is 32.2. The number of aromatic nitrogens is 2. The van der Waals surface area contributed by atoms with Gasteiger partial charge in [0.15, 0.2) is 0 Å². The lowest BCUT2D eigenvalue weighted by molar-refractivity contribution is 0.550. The minimum atomic E-state index is -3.46. The highest BCUT2D eigenvalue weighted by Crippen LogP contribution is 2.18. The quantitative estimate of drug-likeness (QED) is 0.813. The lowest BCUT2D eigenvalue weighted by Crippen LogP contribution is -2.37. The highest BCUT2D eigenvalue weighted by molar-refractivity contribution is 7.89. The van der Waals surface area contributed by atoms with Crippen molar-refractivity contribution in [1.82, 2.24) is 19.8 Å². The van der Waals surface area contributed by atoms with Crippen LogP contribution in [0.4, 0.5) is 0 Å². The average Bonchev–Trinajstić information content (AvgIpc) is 2.86. The Labute approximate surface area is 108 Å². The predicted octanol–water partition coefficient (Wildman–Crippen LogP) is 0.0672. The molecule has 1 aliphatic heterocycles. The molecule has 1 aliphatic rings. The van der Waals surface area contributed by atoms with Crippen LogP contribution in [0.5, 0.6) is 0 Å². The Kier molecular flexibility index (Phi) is 3.74. The number of hydrogen-bond acceptors (Lipinski definition) is 4. The lowest BCUT2D eigenvalue weighted by atomic mass is 10.2. The number of sulfonamides is 1. The molecule has 18 heavy (non-hydrogen) atoms. The summed E-state index contributed by atoms with van der Waals surface area (Å²) in [4.78, 5) is 0.308. The van der Waals surface area contributed by atoms with Gasteiger partial charge in [0.1, 0.15) is 4.90 Å². The molecule has 6 nitrogen and oxygen atoms in total. The maximum atomic E-state index is 12.3. The van der Waals surface area contributed by atoms with Crippen molar-refractivity contribution in [1.29, 1.82) is 0 Å². The number of nitrogens with zero attached hydrogens (tertiary/aromatic N) is 2. The largest absolute Gasteiger partial charge is 0.313 e. The van der Waals surface area contributed by atoms with Crippen LogP contribution in [0, 0.1) is 13.8 Å². The molecular formula is C11H20N4O2S. The first-order chi connectivity index (χ1) is 8.42. The highest BCUT2D eigenvalue weighted by Gasteiger charge is 2.25. The minimum Gasteiger partial charge on any atom is -0.313 e. The molecule has 0 bridgehead atoms. The summed E-state index contributed by atoms with van der Waals surface area (Å²) in [5.41, 5.74) is 1.21. The second-order valence-corrected chi connectivity index (χ2v) is 6.47. The van der Waals surface area contributed by atoms with Crippen molar-refractivity contribution in [3.8, 4) is 0 Å². The monoisotopic (exact) mass is 272 g/mol. The van der Waals surface area contributed by atoms with Crippen LogP contribution in [0.15, 0.2) is 4.90 Å². The molecule has 2 heterocycles. The molecule has 0 radical (unpaired) electrons. The Balaban J connectivity index is 2.14. The molecule has 0 aromatic carbocycles. The van der Waals surface area contributed by atoms with Crippen LogP contribution in [0.2, 0.25) is 0 Å². The molecule has 7 heteroatoms. The molecule has 0 spiro atoms. The molecule has 102 valence electrons. The fourth-order valence-electron chi connectivity index (χ4n) is 2.36. The minimum absolute atomic E-state index is 0.247. The predicted molar refractivity (Wildman–Crippen MR) is 68.9 cm³/mol. The van der Waals surface area contributed by atoms with Crippen LogP contribution in [0.3, 0.4) is 0 Å². The van der Waals surface area contributed by atoms with Crippen molar-refractivity contribution >= 4 is 10.0 Å². The summed E-state index contributed by atoms with van der Waals surface area (Å²) >= 11 is 0. The lowest BCUT2D eigenvalue weighted by Gasteiger charge is -2.12. The maximum Gasteiger partial charge on any atom is 0.244 e. The van der Waals surface area contributed by atoms with Gasteiger partial charge in [0, 0.05) is 19.6 Å². The topological polar surface area (TPSA) is 76.0 Å². The van der Waals surface area contributed by atoms with E-state index in [0.29, 0.717) is 22.8 Å². The van der Waals surface area contributed by atoms with E-state index < -0.39 is 10.0 Å². The van der Waals surface area contributed by atoms with E-state index in [0.717, 1.165) is 19.4 Å². The smallest absolute Gasteiger partial charge is 0.244 e. The first-order valence-corrected chi connectivity index (χ1v) is 7.63. The Morgan fingerprint density at radius 2 is 2.22 bits per heavy atom. The van der Waals surface area contributed by atoms with Crippen molar-refractivity contribution in [2.24, 2.45) is 7.05 Å². The number of nitrogens with one attached hydrogen (secondary N) is 2. The van der Waals surface area contributed by atoms with Crippen LogP contribution in [0.1, 0.15) is 24.2 Å². The summed E-state index contributed by atoms with van der Waals surface area (Å²) in [6, 6.07) is 0.247. The fourth-order valence-corrected chi connectivity index (χ4v) is 3.87. The molecule has 2 rings (SSSR count). The van der Waals surface area contributed by atoms with Crippen LogP contribution >= 0.6 is 0 Å². The van der Waals surface area contributed by atoms with Gasteiger partial charge in [-0.15, -0.1) is 0 Å². The summed E-state index contributed by atoms with van der Waals surface area (Å²) in [5.74, 6) is 0. The van der Waals surface area contributed by atoms with Gasteiger partial charge in [-0.05, 0) is 33.2 Å². The third-order valence-electron chi connectivity index (χ3n) is 3.39. The second-order valence-electron chi connectivity index (χ2n) is 4.77. The normalized spacial score (nSPS) is 20.5. The van der Waals surface area contributed by atoms with E-state index in [2.05, 4.69) is 15.1 Å². The number of aryl methyl sites for hydroxylation is 2. The van der Waals surface area contributed by atoms with Gasteiger partial charge < -0.3 is 5.32 Å². The standard InChI is InChI=1S/C11H20N4O2S/c1-8-11(9(2)15(3)14-8)18(16,17)13-7-10-5-4-6-12-10/h10,12-13H,4-7H2,1-3H3/t10-/m1/s1. The summed E-state index contributed by atoms with van der Waals surface area (Å²) in [6.07, 6.45) is 2.13. The van der Waals surface area contributed by atoms with E-state index >= 15 is 0 Å². The third kappa shape index (κ3) is 2.57. The van der Waals surface area contributed by atoms with Gasteiger partial charge >= 0.3 is 0 Å². The van der Waals surface area contributed by atoms with Crippen LogP contribution in [-0.2, 0) is 17.1 Å². The molecule has 0 aliphatic carbocycles. The van der Waals surface area contributed by atoms with Gasteiger partial charge in [-0.25, -0.2) is 13.1 Å². The zero-order valence-electron chi connectivity index (χ0n) is 11.0. The summed E-state index contributed by atoms with van der Waals surface area (Å²) < 4.78 is 28.8. The second kappa shape index (κ2) is 4.99. The molecule has 0 amide bonds. The van der Waals surface area contributed by atoms with Gasteiger partial charge in [-0.1, -0.05) is 0 Å². The van der Waals surface area contributed by atoms with Gasteiger partial charge in [0.2, 0.25) is 10.0 Å². The van der Waals surface area contributed by atoms with Crippen molar-refractivity contribution in [2.75, 3.05) is 13.1 Å². The number of rotatable bonds is 4. The van der Waals surface area contributed by atoms with E-state index in [-0.39, 0.29) is 6.04 Å². The van der Waals surface area contributed by atoms with E-state index in [1.807, 2.05) is 0 Å². The zero-order chi connectivity index (χ0) is 13.3. The van der Waals surface area contributed by atoms with Crippen molar-refractivity contribution < 1.29 is 8.42 Å². The molecule has 1 atom stereocenters. The van der Waals surface area contributed by atoms with E-state index in [1.165, 1.54) is 0 Å². The Bertz CT molecular complexity index is 529. The van der Waals surface area contributed by atoms with E-state index in [1.54, 1.807) is 25.6 Å². The SMILES string of the molecule is Cc1nn(C)c(C)c1S(=O)(=O)NC[C@H]1CCCN1. The van der Waals surface area contributed by atoms with E-state index in [4.69, 9.17) is 0 Å². The molecule has 1 aromatic heterocycles. The number of hydrogen-bond donors (Lipinski definition) is 2. The molecule has 1 aromatic rings. The van der Waals surface area contributed by atoms with E-state index in [9.17, 15) is 8.42 Å². The molecule has 2 N–H and O–H groups in total. The molecule has 1 fully saturated rings. The first kappa shape index (κ1) is 13.5. The summed E-state index contributed by atoms with van der Waals surface area (Å²) in [6.45, 7) is 4.89.